The van der Waals surface area contributed by atoms with E-state index >= 15 is 0 Å². The van der Waals surface area contributed by atoms with E-state index in [4.69, 9.17) is 14.2 Å². The molecule has 1 unspecified atom stereocenters. The highest BCUT2D eigenvalue weighted by molar-refractivity contribution is 5.70. The van der Waals surface area contributed by atoms with Crippen LogP contribution in [0.1, 0.15) is 226 Å². The van der Waals surface area contributed by atoms with Crippen LogP contribution in [0.4, 0.5) is 0 Å². The Bertz CT molecular complexity index is 904. The van der Waals surface area contributed by atoms with Crippen LogP contribution in [-0.4, -0.2) is 37.9 Å². The summed E-state index contributed by atoms with van der Waals surface area (Å²) in [5, 5.41) is 0. The first-order chi connectivity index (χ1) is 26.6. The molecule has 0 aliphatic heterocycles. The lowest BCUT2D eigenvalue weighted by Gasteiger charge is -2.18. The molecule has 54 heavy (non-hydrogen) atoms. The molecule has 0 radical (unpaired) electrons. The van der Waals surface area contributed by atoms with E-state index in [1.807, 2.05) is 0 Å². The van der Waals surface area contributed by atoms with Crippen LogP contribution < -0.4 is 0 Å². The number of carbonyl (C=O) groups is 2. The van der Waals surface area contributed by atoms with Crippen molar-refractivity contribution in [2.24, 2.45) is 0 Å². The second-order valence-electron chi connectivity index (χ2n) is 15.3. The van der Waals surface area contributed by atoms with Crippen molar-refractivity contribution in [1.82, 2.24) is 0 Å². The van der Waals surface area contributed by atoms with Crippen LogP contribution in [0.5, 0.6) is 0 Å². The van der Waals surface area contributed by atoms with Gasteiger partial charge in [-0.2, -0.15) is 0 Å². The van der Waals surface area contributed by atoms with Gasteiger partial charge in [0, 0.05) is 19.4 Å². The average molecular weight is 757 g/mol. The average Bonchev–Trinajstić information content (AvgIpc) is 3.17. The zero-order valence-electron chi connectivity index (χ0n) is 36.0. The predicted octanol–water partition coefficient (Wildman–Crippen LogP) is 15.2. The zero-order valence-corrected chi connectivity index (χ0v) is 36.0. The van der Waals surface area contributed by atoms with Gasteiger partial charge in [0.2, 0.25) is 0 Å². The third kappa shape index (κ3) is 42.6. The van der Waals surface area contributed by atoms with E-state index < -0.39 is 6.10 Å². The lowest BCUT2D eigenvalue weighted by Crippen LogP contribution is -2.30. The molecule has 0 spiro atoms. The molecule has 0 rings (SSSR count). The van der Waals surface area contributed by atoms with E-state index in [0.29, 0.717) is 19.4 Å². The Hall–Kier alpha value is -2.14. The van der Waals surface area contributed by atoms with Gasteiger partial charge in [-0.3, -0.25) is 9.59 Å². The highest BCUT2D eigenvalue weighted by atomic mass is 16.6. The molecule has 0 aromatic carbocycles. The largest absolute Gasteiger partial charge is 0.462 e. The normalized spacial score (nSPS) is 12.6. The summed E-state index contributed by atoms with van der Waals surface area (Å²) in [6.07, 6.45) is 54.1. The van der Waals surface area contributed by atoms with Gasteiger partial charge >= 0.3 is 11.9 Å². The van der Waals surface area contributed by atoms with E-state index in [0.717, 1.165) is 64.2 Å². The Labute approximate surface area is 335 Å². The Kier molecular flexibility index (Phi) is 43.5. The van der Waals surface area contributed by atoms with Gasteiger partial charge in [-0.05, 0) is 57.8 Å². The van der Waals surface area contributed by atoms with Crippen molar-refractivity contribution in [1.29, 1.82) is 0 Å². The molecule has 0 heterocycles. The minimum Gasteiger partial charge on any atom is -0.462 e. The number of esters is 2. The van der Waals surface area contributed by atoms with Crippen LogP contribution >= 0.6 is 0 Å². The van der Waals surface area contributed by atoms with Crippen molar-refractivity contribution in [3.63, 3.8) is 0 Å². The van der Waals surface area contributed by atoms with Gasteiger partial charge in [-0.1, -0.05) is 204 Å². The summed E-state index contributed by atoms with van der Waals surface area (Å²) in [6, 6.07) is 0. The van der Waals surface area contributed by atoms with Crippen molar-refractivity contribution >= 4 is 11.9 Å². The molecule has 0 bridgehead atoms. The maximum atomic E-state index is 12.6. The number of ether oxygens (including phenoxy) is 3. The number of hydrogen-bond donors (Lipinski definition) is 0. The van der Waals surface area contributed by atoms with E-state index in [2.05, 4.69) is 69.4 Å². The quantitative estimate of drug-likeness (QED) is 0.0353. The van der Waals surface area contributed by atoms with Gasteiger partial charge in [0.05, 0.1) is 6.61 Å². The van der Waals surface area contributed by atoms with Crippen molar-refractivity contribution in [2.75, 3.05) is 19.8 Å². The first kappa shape index (κ1) is 51.9. The Morgan fingerprint density at radius 1 is 0.426 bits per heavy atom. The molecule has 1 atom stereocenters. The molecule has 5 nitrogen and oxygen atoms in total. The topological polar surface area (TPSA) is 61.8 Å². The molecule has 0 aromatic heterocycles. The van der Waals surface area contributed by atoms with Crippen molar-refractivity contribution in [3.05, 3.63) is 48.6 Å². The lowest BCUT2D eigenvalue weighted by molar-refractivity contribution is -0.163. The zero-order chi connectivity index (χ0) is 39.3. The number of rotatable bonds is 42. The summed E-state index contributed by atoms with van der Waals surface area (Å²) in [6.45, 7) is 7.66. The van der Waals surface area contributed by atoms with E-state index in [-0.39, 0.29) is 25.2 Å². The fraction of sp³-hybridized carbons (Fsp3) is 0.796. The molecule has 0 saturated heterocycles. The van der Waals surface area contributed by atoms with Gasteiger partial charge in [-0.25, -0.2) is 0 Å². The highest BCUT2D eigenvalue weighted by Crippen LogP contribution is 2.14. The Morgan fingerprint density at radius 3 is 1.33 bits per heavy atom. The highest BCUT2D eigenvalue weighted by Gasteiger charge is 2.17. The van der Waals surface area contributed by atoms with Crippen LogP contribution in [0, 0.1) is 0 Å². The van der Waals surface area contributed by atoms with Crippen molar-refractivity contribution in [3.8, 4) is 0 Å². The third-order valence-corrected chi connectivity index (χ3v) is 9.88. The summed E-state index contributed by atoms with van der Waals surface area (Å²) >= 11 is 0. The van der Waals surface area contributed by atoms with Gasteiger partial charge < -0.3 is 14.2 Å². The minimum atomic E-state index is -0.534. The van der Waals surface area contributed by atoms with Crippen molar-refractivity contribution in [2.45, 2.75) is 232 Å². The molecular formula is C49H88O5. The smallest absolute Gasteiger partial charge is 0.306 e. The molecule has 0 aliphatic carbocycles. The second kappa shape index (κ2) is 45.3. The summed E-state index contributed by atoms with van der Waals surface area (Å²) in [5.74, 6) is -0.405. The van der Waals surface area contributed by atoms with Crippen LogP contribution in [0.25, 0.3) is 0 Å². The number of allylic oxidation sites excluding steroid dienone is 8. The molecule has 5 heteroatoms. The van der Waals surface area contributed by atoms with Crippen LogP contribution in [0.3, 0.4) is 0 Å². The lowest BCUT2D eigenvalue weighted by atomic mass is 10.1. The number of unbranched alkanes of at least 4 members (excludes halogenated alkanes) is 23. The molecule has 0 amide bonds. The molecule has 0 fully saturated rings. The molecule has 0 aliphatic rings. The summed E-state index contributed by atoms with van der Waals surface area (Å²) in [7, 11) is 0. The number of hydrogen-bond acceptors (Lipinski definition) is 5. The molecule has 0 saturated carbocycles. The maximum Gasteiger partial charge on any atom is 0.306 e. The SMILES string of the molecule is CC/C=C\C/C=C\C/C=C\C/C=C\CCCCCCCCCOCC(COC(=O)CCCCCCCCCCCCC)OC(=O)CCCCCCCCC. The summed E-state index contributed by atoms with van der Waals surface area (Å²) in [5.41, 5.74) is 0. The van der Waals surface area contributed by atoms with Crippen molar-refractivity contribution < 1.29 is 23.8 Å². The Morgan fingerprint density at radius 2 is 0.833 bits per heavy atom. The standard InChI is InChI=1S/C49H88O5/c1-4-7-10-13-16-18-20-21-22-23-24-25-26-27-28-30-32-35-38-41-44-52-45-47(54-49(51)43-40-37-33-15-12-9-6-3)46-53-48(50)42-39-36-34-31-29-19-17-14-11-8-5-2/h7,10,16,18,21-22,24-25,47H,4-6,8-9,11-15,17,19-20,23,26-46H2,1-3H3/b10-7-,18-16-,22-21-,25-24-. The first-order valence-electron chi connectivity index (χ1n) is 23.2. The third-order valence-electron chi connectivity index (χ3n) is 9.88. The van der Waals surface area contributed by atoms with E-state index in [9.17, 15) is 9.59 Å². The molecule has 0 aromatic rings. The van der Waals surface area contributed by atoms with Gasteiger partial charge in [0.1, 0.15) is 6.61 Å². The van der Waals surface area contributed by atoms with Crippen LogP contribution in [-0.2, 0) is 23.8 Å². The fourth-order valence-electron chi connectivity index (χ4n) is 6.44. The second-order valence-corrected chi connectivity index (χ2v) is 15.3. The monoisotopic (exact) mass is 757 g/mol. The van der Waals surface area contributed by atoms with Gasteiger partial charge in [-0.15, -0.1) is 0 Å². The predicted molar refractivity (Wildman–Crippen MR) is 233 cm³/mol. The van der Waals surface area contributed by atoms with E-state index in [1.165, 1.54) is 128 Å². The molecular weight excluding hydrogens is 669 g/mol. The Balaban J connectivity index is 4.12. The van der Waals surface area contributed by atoms with Crippen LogP contribution in [0.2, 0.25) is 0 Å². The molecule has 314 valence electrons. The minimum absolute atomic E-state index is 0.0839. The first-order valence-corrected chi connectivity index (χ1v) is 23.2. The van der Waals surface area contributed by atoms with E-state index in [1.54, 1.807) is 0 Å². The molecule has 0 N–H and O–H groups in total. The van der Waals surface area contributed by atoms with Crippen LogP contribution in [0.15, 0.2) is 48.6 Å². The van der Waals surface area contributed by atoms with Gasteiger partial charge in [0.15, 0.2) is 6.10 Å². The maximum absolute atomic E-state index is 12.6. The summed E-state index contributed by atoms with van der Waals surface area (Å²) < 4.78 is 17.3. The van der Waals surface area contributed by atoms with Gasteiger partial charge in [0.25, 0.3) is 0 Å². The summed E-state index contributed by atoms with van der Waals surface area (Å²) in [4.78, 5) is 25.1. The fourth-order valence-corrected chi connectivity index (χ4v) is 6.44. The number of carbonyl (C=O) groups excluding carboxylic acids is 2.